The van der Waals surface area contributed by atoms with Crippen molar-refractivity contribution in [2.45, 2.75) is 6.92 Å². The van der Waals surface area contributed by atoms with Gasteiger partial charge in [-0.3, -0.25) is 4.98 Å². The predicted octanol–water partition coefficient (Wildman–Crippen LogP) is 3.60. The molecule has 0 radical (unpaired) electrons. The van der Waals surface area contributed by atoms with Crippen LogP contribution in [0.2, 0.25) is 0 Å². The molecule has 3 rings (SSSR count). The van der Waals surface area contributed by atoms with E-state index < -0.39 is 0 Å². The maximum absolute atomic E-state index is 4.39. The molecule has 0 aliphatic heterocycles. The Hall–Kier alpha value is -2.95. The lowest BCUT2D eigenvalue weighted by atomic mass is 9.99. The van der Waals surface area contributed by atoms with E-state index >= 15 is 0 Å². The molecular formula is C18H19N5. The quantitative estimate of drug-likeness (QED) is 0.771. The van der Waals surface area contributed by atoms with E-state index in [0.29, 0.717) is 0 Å². The van der Waals surface area contributed by atoms with Gasteiger partial charge in [0.2, 0.25) is 0 Å². The Morgan fingerprint density at radius 1 is 0.870 bits per heavy atom. The fourth-order valence-electron chi connectivity index (χ4n) is 2.47. The van der Waals surface area contributed by atoms with Crippen LogP contribution in [-0.4, -0.2) is 29.0 Å². The lowest BCUT2D eigenvalue weighted by Gasteiger charge is -2.10. The minimum absolute atomic E-state index is 0.786. The van der Waals surface area contributed by atoms with E-state index in [2.05, 4.69) is 56.8 Å². The molecule has 0 unspecified atom stereocenters. The van der Waals surface area contributed by atoms with Crippen LogP contribution in [0.25, 0.3) is 22.4 Å². The number of nitrogens with zero attached hydrogens (tertiary/aromatic N) is 3. The molecule has 2 aromatic heterocycles. The van der Waals surface area contributed by atoms with E-state index in [0.717, 1.165) is 33.9 Å². The third-order valence-corrected chi connectivity index (χ3v) is 3.79. The maximum Gasteiger partial charge on any atom is 0.129 e. The summed E-state index contributed by atoms with van der Waals surface area (Å²) in [5, 5.41) is 6.20. The van der Waals surface area contributed by atoms with Crippen LogP contribution in [-0.2, 0) is 0 Å². The Morgan fingerprint density at radius 2 is 1.70 bits per heavy atom. The number of aryl methyl sites for hydroxylation is 1. The summed E-state index contributed by atoms with van der Waals surface area (Å²) in [6, 6.07) is 10.3. The minimum Gasteiger partial charge on any atom is -0.388 e. The highest BCUT2D eigenvalue weighted by Gasteiger charge is 2.07. The van der Waals surface area contributed by atoms with Gasteiger partial charge in [-0.05, 0) is 36.2 Å². The van der Waals surface area contributed by atoms with Gasteiger partial charge in [0.05, 0.1) is 5.69 Å². The molecule has 0 atom stereocenters. The van der Waals surface area contributed by atoms with Crippen molar-refractivity contribution in [1.29, 1.82) is 0 Å². The molecule has 1 aromatic carbocycles. The number of benzene rings is 1. The average molecular weight is 305 g/mol. The lowest BCUT2D eigenvalue weighted by Crippen LogP contribution is -1.95. The number of nitrogens with one attached hydrogen (secondary N) is 2. The van der Waals surface area contributed by atoms with Crippen molar-refractivity contribution < 1.29 is 0 Å². The van der Waals surface area contributed by atoms with Crippen molar-refractivity contribution in [3.63, 3.8) is 0 Å². The summed E-state index contributed by atoms with van der Waals surface area (Å²) < 4.78 is 0. The zero-order valence-electron chi connectivity index (χ0n) is 13.5. The third kappa shape index (κ3) is 3.13. The van der Waals surface area contributed by atoms with Crippen molar-refractivity contribution in [2.75, 3.05) is 24.7 Å². The Balaban J connectivity index is 2.06. The minimum atomic E-state index is 0.786. The zero-order chi connectivity index (χ0) is 16.2. The van der Waals surface area contributed by atoms with Gasteiger partial charge in [-0.25, -0.2) is 9.97 Å². The first-order chi connectivity index (χ1) is 11.2. The van der Waals surface area contributed by atoms with E-state index in [1.54, 1.807) is 6.33 Å². The second-order valence-electron chi connectivity index (χ2n) is 5.28. The van der Waals surface area contributed by atoms with Gasteiger partial charge < -0.3 is 10.6 Å². The van der Waals surface area contributed by atoms with E-state index in [1.165, 1.54) is 5.56 Å². The van der Waals surface area contributed by atoms with Crippen LogP contribution >= 0.6 is 0 Å². The van der Waals surface area contributed by atoms with Gasteiger partial charge in [0.25, 0.3) is 0 Å². The van der Waals surface area contributed by atoms with Crippen molar-refractivity contribution in [1.82, 2.24) is 15.0 Å². The monoisotopic (exact) mass is 305 g/mol. The SMILES string of the molecule is CNc1ccc(C)c(-c2cncc(-c3cc(NC)ncn3)c2)c1. The molecule has 2 heterocycles. The Labute approximate surface area is 135 Å². The van der Waals surface area contributed by atoms with E-state index in [9.17, 15) is 0 Å². The highest BCUT2D eigenvalue weighted by molar-refractivity contribution is 5.75. The molecule has 0 amide bonds. The zero-order valence-corrected chi connectivity index (χ0v) is 13.5. The average Bonchev–Trinajstić information content (AvgIpc) is 2.62. The predicted molar refractivity (Wildman–Crippen MR) is 94.5 cm³/mol. The van der Waals surface area contributed by atoms with E-state index in [-0.39, 0.29) is 0 Å². The fourth-order valence-corrected chi connectivity index (χ4v) is 2.47. The van der Waals surface area contributed by atoms with Crippen LogP contribution in [0, 0.1) is 6.92 Å². The largest absolute Gasteiger partial charge is 0.388 e. The molecule has 0 aliphatic rings. The van der Waals surface area contributed by atoms with Crippen molar-refractivity contribution in [2.24, 2.45) is 0 Å². The van der Waals surface area contributed by atoms with Gasteiger partial charge in [0, 0.05) is 49.4 Å². The molecule has 3 aromatic rings. The van der Waals surface area contributed by atoms with Crippen LogP contribution in [0.15, 0.2) is 49.1 Å². The van der Waals surface area contributed by atoms with Gasteiger partial charge in [0.15, 0.2) is 0 Å². The lowest BCUT2D eigenvalue weighted by molar-refractivity contribution is 1.16. The molecule has 0 bridgehead atoms. The molecule has 0 aliphatic carbocycles. The van der Waals surface area contributed by atoms with Gasteiger partial charge in [-0.1, -0.05) is 6.07 Å². The first kappa shape index (κ1) is 15.0. The maximum atomic E-state index is 4.39. The first-order valence-corrected chi connectivity index (χ1v) is 7.45. The molecule has 5 nitrogen and oxygen atoms in total. The number of hydrogen-bond acceptors (Lipinski definition) is 5. The van der Waals surface area contributed by atoms with Crippen molar-refractivity contribution in [3.8, 4) is 22.4 Å². The fraction of sp³-hybridized carbons (Fsp3) is 0.167. The number of aromatic nitrogens is 3. The molecule has 0 saturated heterocycles. The Bertz CT molecular complexity index is 829. The summed E-state index contributed by atoms with van der Waals surface area (Å²) >= 11 is 0. The van der Waals surface area contributed by atoms with Gasteiger partial charge in [-0.15, -0.1) is 0 Å². The number of rotatable bonds is 4. The summed E-state index contributed by atoms with van der Waals surface area (Å²) in [6.07, 6.45) is 5.26. The van der Waals surface area contributed by atoms with Crippen LogP contribution < -0.4 is 10.6 Å². The first-order valence-electron chi connectivity index (χ1n) is 7.45. The second kappa shape index (κ2) is 6.44. The molecule has 0 saturated carbocycles. The van der Waals surface area contributed by atoms with Crippen molar-refractivity contribution >= 4 is 11.5 Å². The summed E-state index contributed by atoms with van der Waals surface area (Å²) in [5.41, 5.74) is 6.34. The van der Waals surface area contributed by atoms with E-state index in [4.69, 9.17) is 0 Å². The van der Waals surface area contributed by atoms with Crippen LogP contribution in [0.4, 0.5) is 11.5 Å². The molecule has 0 fully saturated rings. The third-order valence-electron chi connectivity index (χ3n) is 3.79. The van der Waals surface area contributed by atoms with Crippen LogP contribution in [0.5, 0.6) is 0 Å². The second-order valence-corrected chi connectivity index (χ2v) is 5.28. The molecule has 0 spiro atoms. The van der Waals surface area contributed by atoms with Gasteiger partial charge in [0.1, 0.15) is 12.1 Å². The molecular weight excluding hydrogens is 286 g/mol. The molecule has 23 heavy (non-hydrogen) atoms. The number of pyridine rings is 1. The summed E-state index contributed by atoms with van der Waals surface area (Å²) in [5.74, 6) is 0.786. The normalized spacial score (nSPS) is 10.4. The molecule has 116 valence electrons. The smallest absolute Gasteiger partial charge is 0.129 e. The van der Waals surface area contributed by atoms with Gasteiger partial charge in [-0.2, -0.15) is 0 Å². The standard InChI is InChI=1S/C18H19N5/c1-12-4-5-15(19-2)7-16(12)13-6-14(10-21-9-13)17-8-18(20-3)23-11-22-17/h4-11,19H,1-3H3,(H,20,22,23). The molecule has 5 heteroatoms. The number of hydrogen-bond donors (Lipinski definition) is 2. The van der Waals surface area contributed by atoms with E-state index in [1.807, 2.05) is 32.6 Å². The Kier molecular flexibility index (Phi) is 4.19. The topological polar surface area (TPSA) is 62.7 Å². The summed E-state index contributed by atoms with van der Waals surface area (Å²) in [4.78, 5) is 12.9. The van der Waals surface area contributed by atoms with Crippen LogP contribution in [0.3, 0.4) is 0 Å². The van der Waals surface area contributed by atoms with Crippen molar-refractivity contribution in [3.05, 3.63) is 54.6 Å². The summed E-state index contributed by atoms with van der Waals surface area (Å²) in [7, 11) is 3.76. The Morgan fingerprint density at radius 3 is 2.48 bits per heavy atom. The number of anilines is 2. The highest BCUT2D eigenvalue weighted by atomic mass is 15.0. The summed E-state index contributed by atoms with van der Waals surface area (Å²) in [6.45, 7) is 2.10. The molecule has 2 N–H and O–H groups in total. The van der Waals surface area contributed by atoms with Gasteiger partial charge >= 0.3 is 0 Å². The van der Waals surface area contributed by atoms with Crippen LogP contribution in [0.1, 0.15) is 5.56 Å². The highest BCUT2D eigenvalue weighted by Crippen LogP contribution is 2.29.